The van der Waals surface area contributed by atoms with E-state index >= 15 is 0 Å². The molecular weight excluding hydrogens is 426 g/mol. The van der Waals surface area contributed by atoms with E-state index in [2.05, 4.69) is 58.5 Å². The van der Waals surface area contributed by atoms with Crippen molar-refractivity contribution in [1.82, 2.24) is 5.32 Å². The smallest absolute Gasteiger partial charge is 0.407 e. The van der Waals surface area contributed by atoms with Gasteiger partial charge in [0.2, 0.25) is 0 Å². The molecule has 0 atom stereocenters. The molecule has 0 spiro atoms. The summed E-state index contributed by atoms with van der Waals surface area (Å²) < 4.78 is 6.60. The van der Waals surface area contributed by atoms with Crippen molar-refractivity contribution in [1.29, 1.82) is 0 Å². The van der Waals surface area contributed by atoms with Crippen molar-refractivity contribution in [2.24, 2.45) is 0 Å². The number of aryl methyl sites for hydroxylation is 1. The Morgan fingerprint density at radius 2 is 1.69 bits per heavy atom. The topological polar surface area (TPSA) is 38.3 Å². The molecule has 4 heteroatoms. The van der Waals surface area contributed by atoms with Crippen LogP contribution in [0.25, 0.3) is 17.2 Å². The lowest BCUT2D eigenvalue weighted by Gasteiger charge is -2.14. The van der Waals surface area contributed by atoms with E-state index < -0.39 is 6.09 Å². The average Bonchev–Trinajstić information content (AvgIpc) is 3.05. The third-order valence-corrected chi connectivity index (χ3v) is 5.73. The second-order valence-corrected chi connectivity index (χ2v) is 8.03. The molecule has 0 saturated heterocycles. The molecule has 0 aliphatic heterocycles. The summed E-state index contributed by atoms with van der Waals surface area (Å²) in [5.74, 6) is 0.0779. The third kappa shape index (κ3) is 4.28. The lowest BCUT2D eigenvalue weighted by Crippen LogP contribution is -2.26. The molecule has 1 aliphatic carbocycles. The molecule has 1 N–H and O–H groups in total. The number of rotatable bonds is 5. The van der Waals surface area contributed by atoms with Crippen LogP contribution in [0, 0.1) is 6.92 Å². The Morgan fingerprint density at radius 3 is 2.34 bits per heavy atom. The first-order valence-electron chi connectivity index (χ1n) is 9.65. The number of nitrogens with one attached hydrogen (secondary N) is 1. The van der Waals surface area contributed by atoms with E-state index in [-0.39, 0.29) is 5.92 Å². The quantitative estimate of drug-likeness (QED) is 0.497. The van der Waals surface area contributed by atoms with Gasteiger partial charge in [-0.2, -0.15) is 0 Å². The highest BCUT2D eigenvalue weighted by Crippen LogP contribution is 2.44. The Balaban J connectivity index is 1.34. The number of ether oxygens (including phenoxy) is 1. The van der Waals surface area contributed by atoms with Crippen molar-refractivity contribution in [3.05, 3.63) is 99.5 Å². The predicted octanol–water partition coefficient (Wildman–Crippen LogP) is 6.31. The number of amides is 1. The molecule has 1 aliphatic rings. The fraction of sp³-hybridized carbons (Fsp3) is 0.160. The molecule has 0 bridgehead atoms. The van der Waals surface area contributed by atoms with Crippen molar-refractivity contribution in [3.8, 4) is 11.1 Å². The summed E-state index contributed by atoms with van der Waals surface area (Å²) in [4.78, 5) is 12.2. The SMILES string of the molecule is Cc1cc(Br)ccc1C=CCNC(=O)OCC1c2ccccc2-c2ccccc21. The zero-order valence-corrected chi connectivity index (χ0v) is 17.8. The van der Waals surface area contributed by atoms with Gasteiger partial charge in [0, 0.05) is 16.9 Å². The highest BCUT2D eigenvalue weighted by atomic mass is 79.9. The second kappa shape index (κ2) is 8.66. The van der Waals surface area contributed by atoms with Crippen LogP contribution in [0.15, 0.2) is 77.3 Å². The monoisotopic (exact) mass is 447 g/mol. The molecule has 29 heavy (non-hydrogen) atoms. The number of hydrogen-bond acceptors (Lipinski definition) is 2. The van der Waals surface area contributed by atoms with E-state index in [1.165, 1.54) is 27.8 Å². The lowest BCUT2D eigenvalue weighted by molar-refractivity contribution is 0.144. The van der Waals surface area contributed by atoms with Gasteiger partial charge in [0.1, 0.15) is 6.61 Å². The van der Waals surface area contributed by atoms with E-state index in [0.717, 1.165) is 10.0 Å². The first kappa shape index (κ1) is 19.5. The van der Waals surface area contributed by atoms with Crippen LogP contribution < -0.4 is 5.32 Å². The molecule has 3 nitrogen and oxygen atoms in total. The molecule has 0 fully saturated rings. The van der Waals surface area contributed by atoms with Crippen molar-refractivity contribution < 1.29 is 9.53 Å². The molecule has 0 heterocycles. The molecule has 1 amide bonds. The molecule has 0 saturated carbocycles. The Morgan fingerprint density at radius 1 is 1.03 bits per heavy atom. The normalized spacial score (nSPS) is 12.6. The van der Waals surface area contributed by atoms with Crippen LogP contribution in [0.4, 0.5) is 4.79 Å². The lowest BCUT2D eigenvalue weighted by atomic mass is 9.98. The fourth-order valence-corrected chi connectivity index (χ4v) is 4.28. The highest BCUT2D eigenvalue weighted by molar-refractivity contribution is 9.10. The summed E-state index contributed by atoms with van der Waals surface area (Å²) in [6.45, 7) is 2.81. The maximum Gasteiger partial charge on any atom is 0.407 e. The van der Waals surface area contributed by atoms with Crippen molar-refractivity contribution in [3.63, 3.8) is 0 Å². The summed E-state index contributed by atoms with van der Waals surface area (Å²) in [6, 6.07) is 22.8. The number of alkyl carbamates (subject to hydrolysis) is 1. The maximum atomic E-state index is 12.2. The molecular formula is C25H22BrNO2. The van der Waals surface area contributed by atoms with Gasteiger partial charge in [-0.1, -0.05) is 82.7 Å². The van der Waals surface area contributed by atoms with Gasteiger partial charge in [-0.25, -0.2) is 4.79 Å². The van der Waals surface area contributed by atoms with Crippen LogP contribution in [0.2, 0.25) is 0 Å². The van der Waals surface area contributed by atoms with Gasteiger partial charge >= 0.3 is 6.09 Å². The number of benzene rings is 3. The van der Waals surface area contributed by atoms with Crippen LogP contribution in [-0.2, 0) is 4.74 Å². The van der Waals surface area contributed by atoms with Crippen molar-refractivity contribution in [2.45, 2.75) is 12.8 Å². The van der Waals surface area contributed by atoms with Gasteiger partial charge < -0.3 is 10.1 Å². The molecule has 0 radical (unpaired) electrons. The van der Waals surface area contributed by atoms with E-state index in [4.69, 9.17) is 4.74 Å². The second-order valence-electron chi connectivity index (χ2n) is 7.11. The third-order valence-electron chi connectivity index (χ3n) is 5.24. The Hall–Kier alpha value is -2.85. The fourth-order valence-electron chi connectivity index (χ4n) is 3.80. The van der Waals surface area contributed by atoms with Crippen LogP contribution in [0.1, 0.15) is 28.2 Å². The first-order valence-corrected chi connectivity index (χ1v) is 10.4. The minimum Gasteiger partial charge on any atom is -0.449 e. The summed E-state index contributed by atoms with van der Waals surface area (Å²) in [6.07, 6.45) is 3.53. The Kier molecular flexibility index (Phi) is 5.81. The summed E-state index contributed by atoms with van der Waals surface area (Å²) >= 11 is 3.47. The zero-order valence-electron chi connectivity index (χ0n) is 16.2. The first-order chi connectivity index (χ1) is 14.1. The number of halogens is 1. The zero-order chi connectivity index (χ0) is 20.2. The van der Waals surface area contributed by atoms with E-state index in [1.807, 2.05) is 48.6 Å². The van der Waals surface area contributed by atoms with Crippen molar-refractivity contribution in [2.75, 3.05) is 13.2 Å². The van der Waals surface area contributed by atoms with Gasteiger partial charge in [0.25, 0.3) is 0 Å². The van der Waals surface area contributed by atoms with Crippen LogP contribution in [0.5, 0.6) is 0 Å². The molecule has 0 aromatic heterocycles. The standard InChI is InChI=1S/C25H22BrNO2/c1-17-15-19(26)13-12-18(17)7-6-14-27-25(28)29-16-24-22-10-4-2-8-20(22)21-9-3-5-11-23(21)24/h2-13,15,24H,14,16H2,1H3,(H,27,28). The molecule has 3 aromatic rings. The number of fused-ring (bicyclic) bond motifs is 3. The molecule has 146 valence electrons. The Labute approximate surface area is 179 Å². The summed E-state index contributed by atoms with van der Waals surface area (Å²) in [5.41, 5.74) is 7.19. The average molecular weight is 448 g/mol. The van der Waals surface area contributed by atoms with E-state index in [0.29, 0.717) is 13.2 Å². The van der Waals surface area contributed by atoms with Gasteiger partial charge in [0.05, 0.1) is 0 Å². The maximum absolute atomic E-state index is 12.2. The van der Waals surface area contributed by atoms with Crippen LogP contribution in [-0.4, -0.2) is 19.2 Å². The minimum atomic E-state index is -0.399. The molecule has 3 aromatic carbocycles. The van der Waals surface area contributed by atoms with Crippen LogP contribution >= 0.6 is 15.9 Å². The Bertz CT molecular complexity index is 1030. The van der Waals surface area contributed by atoms with E-state index in [9.17, 15) is 4.79 Å². The number of carbonyl (C=O) groups excluding carboxylic acids is 1. The van der Waals surface area contributed by atoms with Gasteiger partial charge in [-0.05, 0) is 52.4 Å². The van der Waals surface area contributed by atoms with Gasteiger partial charge in [-0.3, -0.25) is 0 Å². The number of hydrogen-bond donors (Lipinski definition) is 1. The number of carbonyl (C=O) groups is 1. The van der Waals surface area contributed by atoms with Crippen LogP contribution in [0.3, 0.4) is 0 Å². The predicted molar refractivity (Wildman–Crippen MR) is 121 cm³/mol. The van der Waals surface area contributed by atoms with E-state index in [1.54, 1.807) is 0 Å². The van der Waals surface area contributed by atoms with Crippen molar-refractivity contribution >= 4 is 28.1 Å². The van der Waals surface area contributed by atoms with Gasteiger partial charge in [0.15, 0.2) is 0 Å². The minimum absolute atomic E-state index is 0.0779. The largest absolute Gasteiger partial charge is 0.449 e. The van der Waals surface area contributed by atoms with Gasteiger partial charge in [-0.15, -0.1) is 0 Å². The highest BCUT2D eigenvalue weighted by Gasteiger charge is 2.28. The summed E-state index contributed by atoms with van der Waals surface area (Å²) in [7, 11) is 0. The summed E-state index contributed by atoms with van der Waals surface area (Å²) in [5, 5.41) is 2.80. The molecule has 0 unspecified atom stereocenters. The molecule has 4 rings (SSSR count).